The van der Waals surface area contributed by atoms with E-state index in [1.807, 2.05) is 20.8 Å². The van der Waals surface area contributed by atoms with E-state index in [2.05, 4.69) is 10.6 Å². The fraction of sp³-hybridized carbons (Fsp3) is 0.526. The van der Waals surface area contributed by atoms with Gasteiger partial charge in [0.2, 0.25) is 17.7 Å². The summed E-state index contributed by atoms with van der Waals surface area (Å²) in [5.41, 5.74) is 0.0925. The smallest absolute Gasteiger partial charge is 0.244 e. The van der Waals surface area contributed by atoms with Gasteiger partial charge in [0.05, 0.1) is 32.4 Å². The Balaban J connectivity index is 2.54. The Morgan fingerprint density at radius 3 is 2.29 bits per heavy atom. The number of nitrogens with zero attached hydrogens (tertiary/aromatic N) is 2. The average molecular weight is 413 g/mol. The number of carbonyl (C=O) groups is 3. The molecule has 1 rings (SSSR count). The number of ether oxygens (including phenoxy) is 1. The van der Waals surface area contributed by atoms with Crippen LogP contribution in [0.15, 0.2) is 18.2 Å². The predicted octanol–water partition coefficient (Wildman–Crippen LogP) is 1.59. The number of likely N-dealkylation sites (N-methyl/N-ethyl adjacent to an activating group) is 2. The summed E-state index contributed by atoms with van der Waals surface area (Å²) < 4.78 is 5.18. The molecule has 0 aliphatic carbocycles. The molecule has 2 N–H and O–H groups in total. The molecule has 28 heavy (non-hydrogen) atoms. The van der Waals surface area contributed by atoms with Crippen LogP contribution in [0.3, 0.4) is 0 Å². The van der Waals surface area contributed by atoms with Crippen molar-refractivity contribution in [1.29, 1.82) is 0 Å². The number of anilines is 1. The van der Waals surface area contributed by atoms with Crippen LogP contribution in [-0.4, -0.2) is 73.9 Å². The summed E-state index contributed by atoms with van der Waals surface area (Å²) in [4.78, 5) is 39.4. The minimum Gasteiger partial charge on any atom is -0.495 e. The first-order valence-electron chi connectivity index (χ1n) is 8.78. The number of nitrogens with one attached hydrogen (secondary N) is 2. The monoisotopic (exact) mass is 412 g/mol. The van der Waals surface area contributed by atoms with Crippen molar-refractivity contribution in [2.45, 2.75) is 26.3 Å². The SMILES string of the molecule is COc1ccc(Cl)cc1NC(=O)CN(C)C(=O)CN(C)CC(=O)NC(C)(C)C. The highest BCUT2D eigenvalue weighted by Gasteiger charge is 2.19. The van der Waals surface area contributed by atoms with Crippen molar-refractivity contribution in [1.82, 2.24) is 15.1 Å². The lowest BCUT2D eigenvalue weighted by atomic mass is 10.1. The number of benzene rings is 1. The first kappa shape index (κ1) is 23.7. The first-order chi connectivity index (χ1) is 12.9. The Morgan fingerprint density at radius 1 is 1.07 bits per heavy atom. The Bertz CT molecular complexity index is 718. The van der Waals surface area contributed by atoms with Crippen LogP contribution in [0.2, 0.25) is 5.02 Å². The molecular formula is C19H29ClN4O4. The van der Waals surface area contributed by atoms with E-state index in [0.717, 1.165) is 0 Å². The van der Waals surface area contributed by atoms with Gasteiger partial charge in [-0.1, -0.05) is 11.6 Å². The van der Waals surface area contributed by atoms with Crippen molar-refractivity contribution in [2.75, 3.05) is 46.2 Å². The van der Waals surface area contributed by atoms with Gasteiger partial charge in [-0.2, -0.15) is 0 Å². The predicted molar refractivity (Wildman–Crippen MR) is 110 cm³/mol. The molecule has 156 valence electrons. The average Bonchev–Trinajstić information content (AvgIpc) is 2.52. The summed E-state index contributed by atoms with van der Waals surface area (Å²) in [5.74, 6) is -0.364. The second-order valence-electron chi connectivity index (χ2n) is 7.61. The molecule has 3 amide bonds. The highest BCUT2D eigenvalue weighted by molar-refractivity contribution is 6.31. The van der Waals surface area contributed by atoms with Gasteiger partial charge >= 0.3 is 0 Å². The maximum Gasteiger partial charge on any atom is 0.244 e. The molecular weight excluding hydrogens is 384 g/mol. The van der Waals surface area contributed by atoms with Crippen molar-refractivity contribution in [3.8, 4) is 5.75 Å². The molecule has 0 fully saturated rings. The molecule has 0 unspecified atom stereocenters. The summed E-state index contributed by atoms with van der Waals surface area (Å²) >= 11 is 5.94. The van der Waals surface area contributed by atoms with E-state index in [-0.39, 0.29) is 42.9 Å². The van der Waals surface area contributed by atoms with Crippen molar-refractivity contribution in [2.24, 2.45) is 0 Å². The summed E-state index contributed by atoms with van der Waals surface area (Å²) in [5, 5.41) is 5.97. The van der Waals surface area contributed by atoms with Crippen LogP contribution in [-0.2, 0) is 14.4 Å². The standard InChI is InChI=1S/C19H29ClN4O4/c1-19(2,3)22-17(26)10-23(4)12-18(27)24(5)11-16(25)21-14-9-13(20)7-8-15(14)28-6/h7-9H,10-12H2,1-6H3,(H,21,25)(H,22,26). The molecule has 0 heterocycles. The van der Waals surface area contributed by atoms with Gasteiger partial charge in [0.15, 0.2) is 0 Å². The van der Waals surface area contributed by atoms with E-state index in [9.17, 15) is 14.4 Å². The van der Waals surface area contributed by atoms with E-state index in [4.69, 9.17) is 16.3 Å². The van der Waals surface area contributed by atoms with Crippen molar-refractivity contribution in [3.05, 3.63) is 23.2 Å². The number of amides is 3. The molecule has 0 saturated carbocycles. The van der Waals surface area contributed by atoms with Crippen LogP contribution in [0.1, 0.15) is 20.8 Å². The van der Waals surface area contributed by atoms with Crippen molar-refractivity contribution >= 4 is 35.0 Å². The minimum absolute atomic E-state index is 0.0157. The van der Waals surface area contributed by atoms with E-state index in [1.165, 1.54) is 19.1 Å². The number of carbonyl (C=O) groups excluding carboxylic acids is 3. The molecule has 0 bridgehead atoms. The molecule has 8 nitrogen and oxygen atoms in total. The molecule has 9 heteroatoms. The number of rotatable bonds is 8. The van der Waals surface area contributed by atoms with E-state index >= 15 is 0 Å². The molecule has 0 radical (unpaired) electrons. The fourth-order valence-corrected chi connectivity index (χ4v) is 2.55. The number of hydrogen-bond acceptors (Lipinski definition) is 5. The molecule has 1 aromatic rings. The van der Waals surface area contributed by atoms with Crippen molar-refractivity contribution in [3.63, 3.8) is 0 Å². The number of hydrogen-bond donors (Lipinski definition) is 2. The van der Waals surface area contributed by atoms with Gasteiger partial charge in [-0.3, -0.25) is 19.3 Å². The fourth-order valence-electron chi connectivity index (χ4n) is 2.38. The summed E-state index contributed by atoms with van der Waals surface area (Å²) in [6, 6.07) is 4.86. The highest BCUT2D eigenvalue weighted by atomic mass is 35.5. The maximum absolute atomic E-state index is 12.3. The minimum atomic E-state index is -0.385. The van der Waals surface area contributed by atoms with Crippen LogP contribution < -0.4 is 15.4 Å². The zero-order valence-electron chi connectivity index (χ0n) is 17.3. The van der Waals surface area contributed by atoms with E-state index in [1.54, 1.807) is 30.1 Å². The van der Waals surface area contributed by atoms with Crippen LogP contribution in [0.25, 0.3) is 0 Å². The van der Waals surface area contributed by atoms with E-state index in [0.29, 0.717) is 16.5 Å². The first-order valence-corrected chi connectivity index (χ1v) is 9.16. The van der Waals surface area contributed by atoms with Gasteiger partial charge in [-0.05, 0) is 46.0 Å². The Hall–Kier alpha value is -2.32. The topological polar surface area (TPSA) is 91.0 Å². The largest absolute Gasteiger partial charge is 0.495 e. The molecule has 0 aromatic heterocycles. The van der Waals surface area contributed by atoms with Gasteiger partial charge < -0.3 is 20.3 Å². The van der Waals surface area contributed by atoms with Gasteiger partial charge in [-0.15, -0.1) is 0 Å². The Labute approximate surface area is 171 Å². The third-order valence-corrected chi connectivity index (χ3v) is 3.81. The second kappa shape index (κ2) is 10.3. The molecule has 0 aliphatic rings. The lowest BCUT2D eigenvalue weighted by Gasteiger charge is -2.24. The summed E-state index contributed by atoms with van der Waals surface area (Å²) in [7, 11) is 4.69. The zero-order valence-corrected chi connectivity index (χ0v) is 18.0. The van der Waals surface area contributed by atoms with Gasteiger partial charge in [0.25, 0.3) is 0 Å². The highest BCUT2D eigenvalue weighted by Crippen LogP contribution is 2.27. The van der Waals surface area contributed by atoms with Crippen molar-refractivity contribution < 1.29 is 19.1 Å². The van der Waals surface area contributed by atoms with Crippen LogP contribution in [0, 0.1) is 0 Å². The van der Waals surface area contributed by atoms with Gasteiger partial charge in [0.1, 0.15) is 5.75 Å². The van der Waals surface area contributed by atoms with Gasteiger partial charge in [0, 0.05) is 17.6 Å². The third kappa shape index (κ3) is 8.58. The van der Waals surface area contributed by atoms with Gasteiger partial charge in [-0.25, -0.2) is 0 Å². The lowest BCUT2D eigenvalue weighted by Crippen LogP contribution is -2.47. The molecule has 0 atom stereocenters. The second-order valence-corrected chi connectivity index (χ2v) is 8.05. The van der Waals surface area contributed by atoms with Crippen LogP contribution in [0.5, 0.6) is 5.75 Å². The zero-order chi connectivity index (χ0) is 21.5. The molecule has 0 spiro atoms. The third-order valence-electron chi connectivity index (χ3n) is 3.58. The number of halogens is 1. The maximum atomic E-state index is 12.3. The Kier molecular flexibility index (Phi) is 8.71. The Morgan fingerprint density at radius 2 is 1.71 bits per heavy atom. The molecule has 0 aliphatic heterocycles. The molecule has 0 saturated heterocycles. The van der Waals surface area contributed by atoms with E-state index < -0.39 is 0 Å². The van der Waals surface area contributed by atoms with Crippen LogP contribution in [0.4, 0.5) is 5.69 Å². The summed E-state index contributed by atoms with van der Waals surface area (Å²) in [6.45, 7) is 5.62. The molecule has 1 aromatic carbocycles. The normalized spacial score (nSPS) is 11.1. The van der Waals surface area contributed by atoms with Crippen LogP contribution >= 0.6 is 11.6 Å². The lowest BCUT2D eigenvalue weighted by molar-refractivity contribution is -0.134. The summed E-state index contributed by atoms with van der Waals surface area (Å²) in [6.07, 6.45) is 0. The quantitative estimate of drug-likeness (QED) is 0.676. The number of methoxy groups -OCH3 is 1.